The largest absolute Gasteiger partial charge is 0.361 e. The summed E-state index contributed by atoms with van der Waals surface area (Å²) in [6.45, 7) is 0.467. The predicted octanol–water partition coefficient (Wildman–Crippen LogP) is 3.77. The first kappa shape index (κ1) is 17.2. The zero-order chi connectivity index (χ0) is 19.6. The molecule has 0 fully saturated rings. The number of nitrogens with one attached hydrogen (secondary N) is 2. The van der Waals surface area contributed by atoms with Gasteiger partial charge in [0, 0.05) is 42.0 Å². The van der Waals surface area contributed by atoms with Gasteiger partial charge in [-0.3, -0.25) is 4.79 Å². The lowest BCUT2D eigenvalue weighted by molar-refractivity contribution is 0.0954. The highest BCUT2D eigenvalue weighted by molar-refractivity contribution is 5.99. The minimum Gasteiger partial charge on any atom is -0.361 e. The number of rotatable bonds is 5. The van der Waals surface area contributed by atoms with Crippen LogP contribution < -0.4 is 5.32 Å². The van der Waals surface area contributed by atoms with Crippen LogP contribution in [0.3, 0.4) is 0 Å². The van der Waals surface area contributed by atoms with E-state index in [4.69, 9.17) is 0 Å². The molecule has 6 nitrogen and oxygen atoms in total. The summed E-state index contributed by atoms with van der Waals surface area (Å²) in [5, 5.41) is 8.45. The summed E-state index contributed by atoms with van der Waals surface area (Å²) in [7, 11) is 0. The molecule has 2 aromatic carbocycles. The molecule has 6 heteroatoms. The van der Waals surface area contributed by atoms with Gasteiger partial charge < -0.3 is 10.3 Å². The van der Waals surface area contributed by atoms with Crippen LogP contribution in [0.4, 0.5) is 0 Å². The minimum absolute atomic E-state index is 0.0195. The SMILES string of the molecule is O=C(NCC(c1ccccc1)c1c[nH]c2ccccc12)c1cnn2cccnc12. The molecule has 0 spiro atoms. The fourth-order valence-corrected chi connectivity index (χ4v) is 3.75. The number of hydrogen-bond acceptors (Lipinski definition) is 3. The second-order valence-corrected chi connectivity index (χ2v) is 6.91. The van der Waals surface area contributed by atoms with E-state index in [1.165, 1.54) is 0 Å². The van der Waals surface area contributed by atoms with Gasteiger partial charge >= 0.3 is 0 Å². The van der Waals surface area contributed by atoms with Crippen LogP contribution in [0.25, 0.3) is 16.6 Å². The first-order valence-corrected chi connectivity index (χ1v) is 9.49. The molecule has 2 N–H and O–H groups in total. The predicted molar refractivity (Wildman–Crippen MR) is 112 cm³/mol. The average Bonchev–Trinajstić information content (AvgIpc) is 3.39. The maximum absolute atomic E-state index is 12.9. The Morgan fingerprint density at radius 3 is 2.79 bits per heavy atom. The normalized spacial score (nSPS) is 12.3. The van der Waals surface area contributed by atoms with Crippen LogP contribution in [0.2, 0.25) is 0 Å². The van der Waals surface area contributed by atoms with E-state index in [0.29, 0.717) is 17.8 Å². The van der Waals surface area contributed by atoms with E-state index in [1.54, 1.807) is 29.2 Å². The van der Waals surface area contributed by atoms with Crippen molar-refractivity contribution < 1.29 is 4.79 Å². The number of H-pyrrole nitrogens is 1. The Hall–Kier alpha value is -3.93. The van der Waals surface area contributed by atoms with Crippen molar-refractivity contribution in [3.63, 3.8) is 0 Å². The molecule has 0 bridgehead atoms. The van der Waals surface area contributed by atoms with Crippen molar-refractivity contribution in [2.45, 2.75) is 5.92 Å². The molecular formula is C23H19N5O. The second-order valence-electron chi connectivity index (χ2n) is 6.91. The molecule has 1 unspecified atom stereocenters. The zero-order valence-electron chi connectivity index (χ0n) is 15.6. The molecule has 0 aliphatic rings. The summed E-state index contributed by atoms with van der Waals surface area (Å²) in [6.07, 6.45) is 7.02. The third-order valence-electron chi connectivity index (χ3n) is 5.19. The standard InChI is InChI=1S/C23H19N5O/c29-23(20-15-27-28-12-6-11-24-22(20)28)26-13-18(16-7-2-1-3-8-16)19-14-25-21-10-5-4-9-17(19)21/h1-12,14-15,18,25H,13H2,(H,26,29). The van der Waals surface area contributed by atoms with Crippen LogP contribution in [0.5, 0.6) is 0 Å². The summed E-state index contributed by atoms with van der Waals surface area (Å²) < 4.78 is 1.60. The van der Waals surface area contributed by atoms with E-state index in [1.807, 2.05) is 36.5 Å². The smallest absolute Gasteiger partial charge is 0.256 e. The van der Waals surface area contributed by atoms with Gasteiger partial charge in [0.2, 0.25) is 0 Å². The molecule has 0 saturated carbocycles. The Bertz CT molecular complexity index is 1290. The summed E-state index contributed by atoms with van der Waals surface area (Å²) in [5.74, 6) is -0.162. The van der Waals surface area contributed by atoms with Gasteiger partial charge in [-0.05, 0) is 23.3 Å². The highest BCUT2D eigenvalue weighted by Gasteiger charge is 2.20. The quantitative estimate of drug-likeness (QED) is 0.487. The Kier molecular flexibility index (Phi) is 4.29. The van der Waals surface area contributed by atoms with Crippen molar-refractivity contribution in [2.75, 3.05) is 6.54 Å². The minimum atomic E-state index is -0.181. The second kappa shape index (κ2) is 7.24. The van der Waals surface area contributed by atoms with E-state index in [2.05, 4.69) is 44.6 Å². The molecule has 1 atom stereocenters. The van der Waals surface area contributed by atoms with E-state index in [9.17, 15) is 4.79 Å². The van der Waals surface area contributed by atoms with E-state index >= 15 is 0 Å². The lowest BCUT2D eigenvalue weighted by atomic mass is 9.91. The zero-order valence-corrected chi connectivity index (χ0v) is 15.6. The average molecular weight is 381 g/mol. The van der Waals surface area contributed by atoms with Crippen molar-refractivity contribution in [3.05, 3.63) is 102 Å². The van der Waals surface area contributed by atoms with E-state index in [-0.39, 0.29) is 11.8 Å². The fourth-order valence-electron chi connectivity index (χ4n) is 3.75. The Morgan fingerprint density at radius 1 is 1.07 bits per heavy atom. The molecule has 3 heterocycles. The fraction of sp³-hybridized carbons (Fsp3) is 0.0870. The Labute approximate surface area is 167 Å². The van der Waals surface area contributed by atoms with Gasteiger partial charge in [-0.1, -0.05) is 48.5 Å². The number of nitrogens with zero attached hydrogens (tertiary/aromatic N) is 3. The summed E-state index contributed by atoms with van der Waals surface area (Å²) in [4.78, 5) is 20.5. The van der Waals surface area contributed by atoms with Gasteiger partial charge in [-0.2, -0.15) is 5.10 Å². The molecule has 29 heavy (non-hydrogen) atoms. The van der Waals surface area contributed by atoms with E-state index in [0.717, 1.165) is 22.0 Å². The molecule has 0 aliphatic heterocycles. The molecule has 142 valence electrons. The van der Waals surface area contributed by atoms with Crippen LogP contribution in [0.15, 0.2) is 85.5 Å². The van der Waals surface area contributed by atoms with Crippen molar-refractivity contribution in [3.8, 4) is 0 Å². The molecule has 0 radical (unpaired) electrons. The molecule has 1 amide bonds. The van der Waals surface area contributed by atoms with E-state index < -0.39 is 0 Å². The van der Waals surface area contributed by atoms with Gasteiger partial charge in [-0.25, -0.2) is 9.50 Å². The number of carbonyl (C=O) groups is 1. The lowest BCUT2D eigenvalue weighted by Gasteiger charge is -2.18. The van der Waals surface area contributed by atoms with Crippen molar-refractivity contribution in [1.29, 1.82) is 0 Å². The van der Waals surface area contributed by atoms with Crippen LogP contribution >= 0.6 is 0 Å². The molecule has 0 aliphatic carbocycles. The van der Waals surface area contributed by atoms with Gasteiger partial charge in [0.05, 0.1) is 6.20 Å². The van der Waals surface area contributed by atoms with Gasteiger partial charge in [0.25, 0.3) is 5.91 Å². The first-order valence-electron chi connectivity index (χ1n) is 9.49. The van der Waals surface area contributed by atoms with Crippen LogP contribution in [-0.2, 0) is 0 Å². The van der Waals surface area contributed by atoms with Gasteiger partial charge in [0.1, 0.15) is 5.56 Å². The molecule has 3 aromatic heterocycles. The molecule has 0 saturated heterocycles. The summed E-state index contributed by atoms with van der Waals surface area (Å²) >= 11 is 0. The maximum atomic E-state index is 12.9. The number of benzene rings is 2. The number of hydrogen-bond donors (Lipinski definition) is 2. The lowest BCUT2D eigenvalue weighted by Crippen LogP contribution is -2.29. The number of aromatic amines is 1. The van der Waals surface area contributed by atoms with Gasteiger partial charge in [0.15, 0.2) is 5.65 Å². The van der Waals surface area contributed by atoms with Crippen LogP contribution in [0, 0.1) is 0 Å². The van der Waals surface area contributed by atoms with Gasteiger partial charge in [-0.15, -0.1) is 0 Å². The topological polar surface area (TPSA) is 75.1 Å². The van der Waals surface area contributed by atoms with Crippen molar-refractivity contribution in [1.82, 2.24) is 24.9 Å². The highest BCUT2D eigenvalue weighted by Crippen LogP contribution is 2.30. The number of carbonyl (C=O) groups excluding carboxylic acids is 1. The number of aromatic nitrogens is 4. The van der Waals surface area contributed by atoms with Crippen molar-refractivity contribution in [2.24, 2.45) is 0 Å². The Balaban J connectivity index is 1.47. The maximum Gasteiger partial charge on any atom is 0.256 e. The van der Waals surface area contributed by atoms with Crippen LogP contribution in [-0.4, -0.2) is 32.0 Å². The van der Waals surface area contributed by atoms with Crippen LogP contribution in [0.1, 0.15) is 27.4 Å². The third kappa shape index (κ3) is 3.14. The first-order chi connectivity index (χ1) is 14.3. The monoisotopic (exact) mass is 381 g/mol. The number of fused-ring (bicyclic) bond motifs is 2. The summed E-state index contributed by atoms with van der Waals surface area (Å²) in [6, 6.07) is 20.2. The highest BCUT2D eigenvalue weighted by atomic mass is 16.1. The van der Waals surface area contributed by atoms with Crippen molar-refractivity contribution >= 4 is 22.5 Å². The summed E-state index contributed by atoms with van der Waals surface area (Å²) in [5.41, 5.74) is 4.41. The Morgan fingerprint density at radius 2 is 1.90 bits per heavy atom. The molecule has 5 aromatic rings. The third-order valence-corrected chi connectivity index (χ3v) is 5.19. The molecular weight excluding hydrogens is 362 g/mol. The molecule has 5 rings (SSSR count). The number of para-hydroxylation sites is 1. The number of amides is 1.